The Labute approximate surface area is 142 Å². The lowest BCUT2D eigenvalue weighted by atomic mass is 10.0. The lowest BCUT2D eigenvalue weighted by Gasteiger charge is -2.37. The van der Waals surface area contributed by atoms with Crippen LogP contribution < -0.4 is 4.74 Å². The minimum absolute atomic E-state index is 0.0375. The monoisotopic (exact) mass is 355 g/mol. The highest BCUT2D eigenvalue weighted by molar-refractivity contribution is 6.74. The Morgan fingerprint density at radius 3 is 2.42 bits per heavy atom. The molecule has 0 saturated carbocycles. The molecule has 8 heteroatoms. The smallest absolute Gasteiger partial charge is 0.449 e. The molecule has 1 unspecified atom stereocenters. The molecule has 1 N–H and O–H groups in total. The summed E-state index contributed by atoms with van der Waals surface area (Å²) in [5, 5.41) is 19.9. The maximum atomic E-state index is 11.0. The van der Waals surface area contributed by atoms with E-state index in [0.29, 0.717) is 12.2 Å². The number of non-ortho nitro benzene ring substituents is 1. The summed E-state index contributed by atoms with van der Waals surface area (Å²) in [4.78, 5) is 21.3. The van der Waals surface area contributed by atoms with Crippen LogP contribution in [0.2, 0.25) is 18.1 Å². The zero-order chi connectivity index (χ0) is 18.7. The van der Waals surface area contributed by atoms with E-state index in [2.05, 4.69) is 33.9 Å². The van der Waals surface area contributed by atoms with E-state index in [1.807, 2.05) is 6.92 Å². The van der Waals surface area contributed by atoms with Gasteiger partial charge in [0.1, 0.15) is 5.75 Å². The van der Waals surface area contributed by atoms with Crippen molar-refractivity contribution in [3.63, 3.8) is 0 Å². The quantitative estimate of drug-likeness (QED) is 0.259. The van der Waals surface area contributed by atoms with Gasteiger partial charge in [0, 0.05) is 30.2 Å². The van der Waals surface area contributed by atoms with Gasteiger partial charge in [0.2, 0.25) is 0 Å². The van der Waals surface area contributed by atoms with E-state index in [1.165, 1.54) is 18.2 Å². The number of hydrogen-bond donors (Lipinski definition) is 1. The average Bonchev–Trinajstić information content (AvgIpc) is 2.43. The molecule has 0 radical (unpaired) electrons. The molecule has 0 bridgehead atoms. The van der Waals surface area contributed by atoms with Gasteiger partial charge in [0.15, 0.2) is 8.32 Å². The number of nitrogens with zero attached hydrogens (tertiary/aromatic N) is 1. The van der Waals surface area contributed by atoms with Gasteiger partial charge < -0.3 is 14.3 Å². The van der Waals surface area contributed by atoms with E-state index in [9.17, 15) is 14.9 Å². The minimum atomic E-state index is -1.98. The molecule has 1 aromatic carbocycles. The van der Waals surface area contributed by atoms with Gasteiger partial charge in [0.05, 0.1) is 4.92 Å². The second kappa shape index (κ2) is 7.31. The van der Waals surface area contributed by atoms with E-state index in [-0.39, 0.29) is 22.4 Å². The molecule has 0 saturated heterocycles. The summed E-state index contributed by atoms with van der Waals surface area (Å²) >= 11 is 0. The molecule has 0 amide bonds. The molecule has 0 aromatic heterocycles. The van der Waals surface area contributed by atoms with Gasteiger partial charge in [-0.2, -0.15) is 0 Å². The Morgan fingerprint density at radius 1 is 1.38 bits per heavy atom. The second-order valence-electron chi connectivity index (χ2n) is 7.32. The van der Waals surface area contributed by atoms with E-state index < -0.39 is 19.4 Å². The maximum Gasteiger partial charge on any atom is 0.511 e. The number of carbonyl (C=O) groups is 1. The topological polar surface area (TPSA) is 98.9 Å². The third-order valence-electron chi connectivity index (χ3n) is 4.43. The van der Waals surface area contributed by atoms with E-state index in [1.54, 1.807) is 0 Å². The zero-order valence-corrected chi connectivity index (χ0v) is 16.0. The molecule has 7 nitrogen and oxygen atoms in total. The van der Waals surface area contributed by atoms with Crippen LogP contribution in [0.1, 0.15) is 39.2 Å². The maximum absolute atomic E-state index is 11.0. The van der Waals surface area contributed by atoms with Crippen molar-refractivity contribution in [3.8, 4) is 5.75 Å². The van der Waals surface area contributed by atoms with Crippen LogP contribution in [-0.4, -0.2) is 31.1 Å². The van der Waals surface area contributed by atoms with Crippen molar-refractivity contribution in [2.75, 3.05) is 6.61 Å². The molecule has 0 aliphatic heterocycles. The second-order valence-corrected chi connectivity index (χ2v) is 12.1. The molecule has 1 atom stereocenters. The van der Waals surface area contributed by atoms with Crippen LogP contribution in [0, 0.1) is 10.1 Å². The van der Waals surface area contributed by atoms with Gasteiger partial charge in [-0.1, -0.05) is 27.7 Å². The largest absolute Gasteiger partial charge is 0.511 e. The Kier molecular flexibility index (Phi) is 6.13. The third-order valence-corrected chi connectivity index (χ3v) is 8.93. The van der Waals surface area contributed by atoms with Gasteiger partial charge in [-0.3, -0.25) is 10.1 Å². The molecule has 0 spiro atoms. The fraction of sp³-hybridized carbons (Fsp3) is 0.562. The van der Waals surface area contributed by atoms with Gasteiger partial charge in [-0.15, -0.1) is 0 Å². The van der Waals surface area contributed by atoms with Crippen molar-refractivity contribution < 1.29 is 24.0 Å². The van der Waals surface area contributed by atoms with Crippen molar-refractivity contribution >= 4 is 20.2 Å². The number of carboxylic acid groups (broad SMARTS) is 1. The minimum Gasteiger partial charge on any atom is -0.449 e. The van der Waals surface area contributed by atoms with Crippen LogP contribution in [-0.2, 0) is 4.43 Å². The van der Waals surface area contributed by atoms with Crippen molar-refractivity contribution in [1.29, 1.82) is 0 Å². The highest BCUT2D eigenvalue weighted by Gasteiger charge is 2.37. The number of nitro groups is 1. The van der Waals surface area contributed by atoms with Crippen LogP contribution in [0.25, 0.3) is 0 Å². The first-order valence-electron chi connectivity index (χ1n) is 7.68. The SMILES string of the molecule is CC(CO[Si](C)(C)C(C)(C)C)c1cc([N+](=O)[O-])ccc1OC(=O)O. The highest BCUT2D eigenvalue weighted by Crippen LogP contribution is 2.38. The standard InChI is InChI=1S/C16H25NO6Si/c1-11(10-22-24(5,6)16(2,3)4)13-9-12(17(20)21)7-8-14(13)23-15(18)19/h7-9,11H,10H2,1-6H3,(H,18,19). The van der Waals surface area contributed by atoms with Crippen LogP contribution >= 0.6 is 0 Å². The molecule has 24 heavy (non-hydrogen) atoms. The molecular formula is C16H25NO6Si. The zero-order valence-electron chi connectivity index (χ0n) is 15.0. The first-order chi connectivity index (χ1) is 10.8. The predicted octanol–water partition coefficient (Wildman–Crippen LogP) is 4.78. The van der Waals surface area contributed by atoms with Crippen LogP contribution in [0.5, 0.6) is 5.75 Å². The van der Waals surface area contributed by atoms with Crippen LogP contribution in [0.3, 0.4) is 0 Å². The summed E-state index contributed by atoms with van der Waals surface area (Å²) in [6.07, 6.45) is -1.46. The third kappa shape index (κ3) is 5.03. The molecule has 0 heterocycles. The van der Waals surface area contributed by atoms with E-state index in [4.69, 9.17) is 14.3 Å². The molecule has 0 aliphatic carbocycles. The Bertz CT molecular complexity index is 623. The first-order valence-corrected chi connectivity index (χ1v) is 10.6. The number of hydrogen-bond acceptors (Lipinski definition) is 5. The Balaban J connectivity index is 3.06. The summed E-state index contributed by atoms with van der Waals surface area (Å²) in [6, 6.07) is 3.88. The van der Waals surface area contributed by atoms with Gasteiger partial charge in [-0.05, 0) is 24.2 Å². The molecular weight excluding hydrogens is 330 g/mol. The number of benzene rings is 1. The van der Waals surface area contributed by atoms with Gasteiger partial charge in [-0.25, -0.2) is 4.79 Å². The van der Waals surface area contributed by atoms with Crippen LogP contribution in [0.15, 0.2) is 18.2 Å². The fourth-order valence-corrected chi connectivity index (χ4v) is 2.96. The summed E-state index contributed by atoms with van der Waals surface area (Å²) in [5.74, 6) is -0.146. The van der Waals surface area contributed by atoms with Gasteiger partial charge in [0.25, 0.3) is 5.69 Å². The van der Waals surface area contributed by atoms with Gasteiger partial charge >= 0.3 is 6.16 Å². The summed E-state index contributed by atoms with van der Waals surface area (Å²) in [6.45, 7) is 12.8. The number of ether oxygens (including phenoxy) is 1. The molecule has 134 valence electrons. The summed E-state index contributed by atoms with van der Waals surface area (Å²) in [7, 11) is -1.98. The van der Waals surface area contributed by atoms with Crippen molar-refractivity contribution in [3.05, 3.63) is 33.9 Å². The molecule has 1 rings (SSSR count). The highest BCUT2D eigenvalue weighted by atomic mass is 28.4. The predicted molar refractivity (Wildman–Crippen MR) is 93.3 cm³/mol. The van der Waals surface area contributed by atoms with Crippen molar-refractivity contribution in [2.24, 2.45) is 0 Å². The lowest BCUT2D eigenvalue weighted by Crippen LogP contribution is -2.41. The molecule has 1 aromatic rings. The normalized spacial score (nSPS) is 13.4. The summed E-state index contributed by atoms with van der Waals surface area (Å²) < 4.78 is 10.9. The number of rotatable bonds is 6. The van der Waals surface area contributed by atoms with E-state index >= 15 is 0 Å². The fourth-order valence-electron chi connectivity index (χ4n) is 1.86. The Hall–Kier alpha value is -1.93. The average molecular weight is 355 g/mol. The Morgan fingerprint density at radius 2 is 1.96 bits per heavy atom. The first kappa shape index (κ1) is 20.1. The summed E-state index contributed by atoms with van der Waals surface area (Å²) in [5.41, 5.74) is 0.340. The lowest BCUT2D eigenvalue weighted by molar-refractivity contribution is -0.385. The van der Waals surface area contributed by atoms with Crippen molar-refractivity contribution in [2.45, 2.75) is 51.7 Å². The van der Waals surface area contributed by atoms with Crippen LogP contribution in [0.4, 0.5) is 10.5 Å². The van der Waals surface area contributed by atoms with E-state index in [0.717, 1.165) is 0 Å². The number of nitro benzene ring substituents is 1. The molecule has 0 fully saturated rings. The van der Waals surface area contributed by atoms with Crippen molar-refractivity contribution in [1.82, 2.24) is 0 Å². The molecule has 0 aliphatic rings.